The number of hydrogen-bond donors (Lipinski definition) is 1. The maximum absolute atomic E-state index is 11.7. The van der Waals surface area contributed by atoms with Crippen LogP contribution in [0.4, 0.5) is 5.69 Å². The molecule has 0 radical (unpaired) electrons. The predicted molar refractivity (Wildman–Crippen MR) is 52.0 cm³/mol. The van der Waals surface area contributed by atoms with Gasteiger partial charge in [-0.3, -0.25) is 4.79 Å². The number of nitrogen functional groups attached to an aromatic ring is 1. The van der Waals surface area contributed by atoms with Gasteiger partial charge in [0, 0.05) is 24.1 Å². The summed E-state index contributed by atoms with van der Waals surface area (Å²) in [5.41, 5.74) is 5.84. The second-order valence-electron chi connectivity index (χ2n) is 4.03. The summed E-state index contributed by atoms with van der Waals surface area (Å²) < 4.78 is 7.04. The first-order valence-corrected chi connectivity index (χ1v) is 4.83. The molecule has 1 aliphatic heterocycles. The Labute approximate surface area is 81.3 Å². The first-order valence-electron chi connectivity index (χ1n) is 4.83. The van der Waals surface area contributed by atoms with Crippen LogP contribution in [0.15, 0.2) is 23.1 Å². The lowest BCUT2D eigenvalue weighted by Gasteiger charge is -2.08. The van der Waals surface area contributed by atoms with Crippen molar-refractivity contribution < 1.29 is 4.74 Å². The van der Waals surface area contributed by atoms with Crippen molar-refractivity contribution in [2.75, 3.05) is 18.9 Å². The van der Waals surface area contributed by atoms with Crippen LogP contribution in [0, 0.1) is 11.8 Å². The van der Waals surface area contributed by atoms with Crippen molar-refractivity contribution in [2.45, 2.75) is 6.04 Å². The summed E-state index contributed by atoms with van der Waals surface area (Å²) in [6.07, 6.45) is 1.82. The van der Waals surface area contributed by atoms with E-state index >= 15 is 0 Å². The SMILES string of the molecule is Nc1cccn(C2[C@H]3COC[C@@H]23)c1=O. The normalized spacial score (nSPS) is 34.1. The Bertz CT molecular complexity index is 416. The minimum absolute atomic E-state index is 0.0631. The summed E-state index contributed by atoms with van der Waals surface area (Å²) in [5, 5.41) is 0. The molecule has 1 unspecified atom stereocenters. The molecule has 0 aromatic carbocycles. The van der Waals surface area contributed by atoms with Crippen LogP contribution in [-0.4, -0.2) is 17.8 Å². The molecule has 0 bridgehead atoms. The van der Waals surface area contributed by atoms with Gasteiger partial charge in [0.2, 0.25) is 0 Å². The van der Waals surface area contributed by atoms with Gasteiger partial charge in [-0.1, -0.05) is 0 Å². The van der Waals surface area contributed by atoms with Gasteiger partial charge in [-0.05, 0) is 12.1 Å². The predicted octanol–water partition coefficient (Wildman–Crippen LogP) is 0.248. The van der Waals surface area contributed by atoms with Gasteiger partial charge in [-0.2, -0.15) is 0 Å². The van der Waals surface area contributed by atoms with Crippen LogP contribution in [0.3, 0.4) is 0 Å². The zero-order valence-electron chi connectivity index (χ0n) is 7.72. The van der Waals surface area contributed by atoms with Gasteiger partial charge in [-0.25, -0.2) is 0 Å². The van der Waals surface area contributed by atoms with Crippen molar-refractivity contribution in [3.05, 3.63) is 28.7 Å². The van der Waals surface area contributed by atoms with Crippen molar-refractivity contribution in [3.8, 4) is 0 Å². The molecule has 0 amide bonds. The van der Waals surface area contributed by atoms with Crippen LogP contribution in [-0.2, 0) is 4.74 Å². The van der Waals surface area contributed by atoms with Crippen LogP contribution in [0.1, 0.15) is 6.04 Å². The molecule has 3 atom stereocenters. The molecule has 2 fully saturated rings. The van der Waals surface area contributed by atoms with Crippen molar-refractivity contribution in [3.63, 3.8) is 0 Å². The van der Waals surface area contributed by atoms with Crippen molar-refractivity contribution in [1.82, 2.24) is 4.57 Å². The van der Waals surface area contributed by atoms with E-state index in [-0.39, 0.29) is 5.56 Å². The summed E-state index contributed by atoms with van der Waals surface area (Å²) in [6, 6.07) is 3.80. The molecule has 74 valence electrons. The Kier molecular flexibility index (Phi) is 1.50. The molecular formula is C10H12N2O2. The average molecular weight is 192 g/mol. The molecule has 14 heavy (non-hydrogen) atoms. The average Bonchev–Trinajstić information content (AvgIpc) is 2.66. The molecule has 1 saturated heterocycles. The smallest absolute Gasteiger partial charge is 0.273 e. The summed E-state index contributed by atoms with van der Waals surface area (Å²) in [6.45, 7) is 1.58. The number of aromatic nitrogens is 1. The molecule has 2 heterocycles. The lowest BCUT2D eigenvalue weighted by molar-refractivity contribution is 0.151. The molecule has 3 rings (SSSR count). The van der Waals surface area contributed by atoms with E-state index in [1.807, 2.05) is 12.3 Å². The molecule has 2 N–H and O–H groups in total. The van der Waals surface area contributed by atoms with Gasteiger partial charge in [-0.15, -0.1) is 0 Å². The number of nitrogens with zero attached hydrogens (tertiary/aromatic N) is 1. The monoisotopic (exact) mass is 192 g/mol. The highest BCUT2D eigenvalue weighted by Crippen LogP contribution is 2.53. The highest BCUT2D eigenvalue weighted by Gasteiger charge is 2.55. The van der Waals surface area contributed by atoms with Crippen LogP contribution in [0.25, 0.3) is 0 Å². The van der Waals surface area contributed by atoms with E-state index in [1.54, 1.807) is 10.6 Å². The molecule has 1 aromatic heterocycles. The summed E-state index contributed by atoms with van der Waals surface area (Å²) in [5.74, 6) is 1.07. The van der Waals surface area contributed by atoms with E-state index in [0.717, 1.165) is 13.2 Å². The van der Waals surface area contributed by atoms with Gasteiger partial charge < -0.3 is 15.0 Å². The topological polar surface area (TPSA) is 57.2 Å². The number of rotatable bonds is 1. The fourth-order valence-electron chi connectivity index (χ4n) is 2.38. The van der Waals surface area contributed by atoms with Crippen molar-refractivity contribution >= 4 is 5.69 Å². The third-order valence-electron chi connectivity index (χ3n) is 3.23. The Hall–Kier alpha value is -1.29. The zero-order chi connectivity index (χ0) is 9.71. The van der Waals surface area contributed by atoms with E-state index in [0.29, 0.717) is 23.6 Å². The third kappa shape index (κ3) is 0.944. The molecule has 4 nitrogen and oxygen atoms in total. The van der Waals surface area contributed by atoms with E-state index in [2.05, 4.69) is 0 Å². The number of nitrogens with two attached hydrogens (primary N) is 1. The van der Waals surface area contributed by atoms with E-state index in [9.17, 15) is 4.79 Å². The summed E-state index contributed by atoms with van der Waals surface area (Å²) in [4.78, 5) is 11.7. The number of pyridine rings is 1. The van der Waals surface area contributed by atoms with Gasteiger partial charge in [0.25, 0.3) is 5.56 Å². The quantitative estimate of drug-likeness (QED) is 0.693. The molecule has 0 spiro atoms. The van der Waals surface area contributed by atoms with Crippen LogP contribution < -0.4 is 11.3 Å². The highest BCUT2D eigenvalue weighted by molar-refractivity contribution is 5.34. The van der Waals surface area contributed by atoms with Gasteiger partial charge in [0.05, 0.1) is 18.9 Å². The van der Waals surface area contributed by atoms with Crippen molar-refractivity contribution in [1.29, 1.82) is 0 Å². The highest BCUT2D eigenvalue weighted by atomic mass is 16.5. The number of anilines is 1. The number of hydrogen-bond acceptors (Lipinski definition) is 3. The molecule has 1 aromatic rings. The summed E-state index contributed by atoms with van der Waals surface area (Å²) >= 11 is 0. The van der Waals surface area contributed by atoms with Crippen molar-refractivity contribution in [2.24, 2.45) is 11.8 Å². The molecule has 4 heteroatoms. The van der Waals surface area contributed by atoms with Crippen LogP contribution in [0.5, 0.6) is 0 Å². The minimum atomic E-state index is -0.0631. The third-order valence-corrected chi connectivity index (χ3v) is 3.23. The van der Waals surface area contributed by atoms with E-state index in [1.165, 1.54) is 0 Å². The fraction of sp³-hybridized carbons (Fsp3) is 0.500. The van der Waals surface area contributed by atoms with E-state index < -0.39 is 0 Å². The first kappa shape index (κ1) is 8.05. The number of ether oxygens (including phenoxy) is 1. The second kappa shape index (κ2) is 2.60. The fourth-order valence-corrected chi connectivity index (χ4v) is 2.38. The van der Waals surface area contributed by atoms with Gasteiger partial charge in [0.15, 0.2) is 0 Å². The standard InChI is InChI=1S/C10H12N2O2/c11-8-2-1-3-12(10(8)13)9-6-4-14-5-7(6)9/h1-3,6-7,9H,4-5,11H2/t6-,7+,9?. The molecular weight excluding hydrogens is 180 g/mol. The van der Waals surface area contributed by atoms with Gasteiger partial charge in [0.1, 0.15) is 0 Å². The maximum atomic E-state index is 11.7. The minimum Gasteiger partial charge on any atom is -0.394 e. The second-order valence-corrected chi connectivity index (χ2v) is 4.03. The Balaban J connectivity index is 1.99. The van der Waals surface area contributed by atoms with E-state index in [4.69, 9.17) is 10.5 Å². The van der Waals surface area contributed by atoms with Crippen LogP contribution in [0.2, 0.25) is 0 Å². The Morgan fingerprint density at radius 3 is 2.86 bits per heavy atom. The molecule has 1 aliphatic carbocycles. The zero-order valence-corrected chi connectivity index (χ0v) is 7.72. The Morgan fingerprint density at radius 1 is 1.43 bits per heavy atom. The van der Waals surface area contributed by atoms with Gasteiger partial charge >= 0.3 is 0 Å². The maximum Gasteiger partial charge on any atom is 0.273 e. The van der Waals surface area contributed by atoms with Crippen LogP contribution >= 0.6 is 0 Å². The number of fused-ring (bicyclic) bond motifs is 1. The Morgan fingerprint density at radius 2 is 2.14 bits per heavy atom. The molecule has 1 saturated carbocycles. The molecule has 2 aliphatic rings. The lowest BCUT2D eigenvalue weighted by atomic mass is 10.4. The lowest BCUT2D eigenvalue weighted by Crippen LogP contribution is -2.23. The largest absolute Gasteiger partial charge is 0.394 e. The summed E-state index contributed by atoms with van der Waals surface area (Å²) in [7, 11) is 0. The first-order chi connectivity index (χ1) is 6.79.